The summed E-state index contributed by atoms with van der Waals surface area (Å²) in [5.41, 5.74) is 3.71. The fraction of sp³-hybridized carbons (Fsp3) is 0.136. The second-order valence-corrected chi connectivity index (χ2v) is 6.46. The van der Waals surface area contributed by atoms with Crippen molar-refractivity contribution in [2.24, 2.45) is 0 Å². The van der Waals surface area contributed by atoms with Crippen LogP contribution in [-0.4, -0.2) is 16.6 Å². The van der Waals surface area contributed by atoms with Crippen LogP contribution in [0.3, 0.4) is 0 Å². The molecule has 3 N–H and O–H groups in total. The van der Waals surface area contributed by atoms with Crippen molar-refractivity contribution in [2.45, 2.75) is 13.0 Å². The largest absolute Gasteiger partial charge is 0.505 e. The quantitative estimate of drug-likeness (QED) is 0.672. The van der Waals surface area contributed by atoms with E-state index in [4.69, 9.17) is 0 Å². The van der Waals surface area contributed by atoms with Gasteiger partial charge in [-0.2, -0.15) is 0 Å². The second kappa shape index (κ2) is 6.92. The molecular formula is C22H21N3O. The Labute approximate surface area is 152 Å². The van der Waals surface area contributed by atoms with Crippen molar-refractivity contribution >= 4 is 10.9 Å². The van der Waals surface area contributed by atoms with E-state index in [9.17, 15) is 5.11 Å². The minimum Gasteiger partial charge on any atom is -0.505 e. The van der Waals surface area contributed by atoms with Crippen LogP contribution in [0.15, 0.2) is 78.8 Å². The van der Waals surface area contributed by atoms with Gasteiger partial charge in [0.15, 0.2) is 0 Å². The Balaban J connectivity index is 1.81. The van der Waals surface area contributed by atoms with Gasteiger partial charge in [-0.25, -0.2) is 0 Å². The lowest BCUT2D eigenvalue weighted by Crippen LogP contribution is -2.31. The van der Waals surface area contributed by atoms with Gasteiger partial charge in [-0.15, -0.1) is 0 Å². The van der Waals surface area contributed by atoms with E-state index in [0.717, 1.165) is 28.9 Å². The van der Waals surface area contributed by atoms with E-state index >= 15 is 0 Å². The molecule has 0 bridgehead atoms. The van der Waals surface area contributed by atoms with Gasteiger partial charge >= 0.3 is 0 Å². The van der Waals surface area contributed by atoms with Crippen LogP contribution < -0.4 is 10.6 Å². The first-order chi connectivity index (χ1) is 12.7. The number of nitrogens with one attached hydrogen (secondary N) is 2. The summed E-state index contributed by atoms with van der Waals surface area (Å²) in [7, 11) is 0. The second-order valence-electron chi connectivity index (χ2n) is 6.46. The molecule has 0 spiro atoms. The third-order valence-corrected chi connectivity index (χ3v) is 4.61. The number of dihydropyridines is 1. The van der Waals surface area contributed by atoms with Crippen molar-refractivity contribution in [3.05, 3.63) is 95.5 Å². The Morgan fingerprint density at radius 3 is 2.73 bits per heavy atom. The molecule has 0 saturated carbocycles. The van der Waals surface area contributed by atoms with Crippen LogP contribution in [-0.2, 0) is 0 Å². The maximum Gasteiger partial charge on any atom is 0.147 e. The Bertz CT molecular complexity index is 990. The van der Waals surface area contributed by atoms with Crippen LogP contribution in [0, 0.1) is 6.92 Å². The number of nitrogens with zero attached hydrogens (tertiary/aromatic N) is 1. The van der Waals surface area contributed by atoms with Gasteiger partial charge in [0, 0.05) is 23.7 Å². The van der Waals surface area contributed by atoms with E-state index in [2.05, 4.69) is 52.9 Å². The highest BCUT2D eigenvalue weighted by atomic mass is 16.3. The number of phenols is 1. The molecule has 4 nitrogen and oxygen atoms in total. The van der Waals surface area contributed by atoms with Gasteiger partial charge < -0.3 is 15.7 Å². The summed E-state index contributed by atoms with van der Waals surface area (Å²) in [4.78, 5) is 4.36. The van der Waals surface area contributed by atoms with E-state index < -0.39 is 0 Å². The summed E-state index contributed by atoms with van der Waals surface area (Å²) >= 11 is 0. The lowest BCUT2D eigenvalue weighted by Gasteiger charge is -2.25. The third kappa shape index (κ3) is 3.14. The van der Waals surface area contributed by atoms with E-state index in [1.807, 2.05) is 36.4 Å². The van der Waals surface area contributed by atoms with Crippen LogP contribution in [0.4, 0.5) is 0 Å². The van der Waals surface area contributed by atoms with Crippen LogP contribution in [0.1, 0.15) is 22.7 Å². The summed E-state index contributed by atoms with van der Waals surface area (Å²) in [6.07, 6.45) is 7.79. The summed E-state index contributed by atoms with van der Waals surface area (Å²) in [5.74, 6) is 1.15. The van der Waals surface area contributed by atoms with E-state index in [1.54, 1.807) is 6.20 Å². The zero-order chi connectivity index (χ0) is 17.9. The molecule has 1 aliphatic heterocycles. The van der Waals surface area contributed by atoms with Crippen LogP contribution >= 0.6 is 0 Å². The van der Waals surface area contributed by atoms with Gasteiger partial charge in [0.25, 0.3) is 0 Å². The average Bonchev–Trinajstić information content (AvgIpc) is 2.69. The smallest absolute Gasteiger partial charge is 0.147 e. The number of hydrogen-bond donors (Lipinski definition) is 3. The molecule has 2 heterocycles. The summed E-state index contributed by atoms with van der Waals surface area (Å²) in [6, 6.07) is 16.0. The fourth-order valence-electron chi connectivity index (χ4n) is 3.19. The maximum atomic E-state index is 10.9. The molecule has 0 amide bonds. The van der Waals surface area contributed by atoms with E-state index in [0.29, 0.717) is 5.52 Å². The molecule has 3 aromatic rings. The lowest BCUT2D eigenvalue weighted by molar-refractivity contribution is 0.465. The number of allylic oxidation sites excluding steroid dienone is 2. The lowest BCUT2D eigenvalue weighted by atomic mass is 9.95. The van der Waals surface area contributed by atoms with Gasteiger partial charge in [0.05, 0.1) is 11.9 Å². The summed E-state index contributed by atoms with van der Waals surface area (Å²) in [6.45, 7) is 2.85. The van der Waals surface area contributed by atoms with Gasteiger partial charge in [-0.1, -0.05) is 60.2 Å². The molecule has 0 fully saturated rings. The molecule has 1 aliphatic rings. The van der Waals surface area contributed by atoms with Gasteiger partial charge in [-0.3, -0.25) is 4.98 Å². The number of fused-ring (bicyclic) bond motifs is 1. The first-order valence-corrected chi connectivity index (χ1v) is 8.73. The van der Waals surface area contributed by atoms with Crippen molar-refractivity contribution in [2.75, 3.05) is 6.54 Å². The topological polar surface area (TPSA) is 57.2 Å². The highest BCUT2D eigenvalue weighted by molar-refractivity contribution is 5.85. The first kappa shape index (κ1) is 16.2. The molecule has 1 aromatic heterocycles. The van der Waals surface area contributed by atoms with E-state index in [1.165, 1.54) is 5.56 Å². The number of benzene rings is 2. The number of aryl methyl sites for hydroxylation is 1. The standard InChI is InChI=1S/C22H21N3O/c1-15-7-9-17(10-8-15)20(25-19-6-2-3-13-23-19)18-12-11-16-5-4-14-24-21(16)22(18)26/h2-12,14,20,23,25-26H,13H2,1H3. The van der Waals surface area contributed by atoms with Crippen LogP contribution in [0.5, 0.6) is 5.75 Å². The number of rotatable bonds is 4. The van der Waals surface area contributed by atoms with Gasteiger partial charge in [0.1, 0.15) is 11.3 Å². The minimum absolute atomic E-state index is 0.188. The molecule has 0 aliphatic carbocycles. The number of hydrogen-bond acceptors (Lipinski definition) is 4. The molecule has 0 radical (unpaired) electrons. The summed E-state index contributed by atoms with van der Waals surface area (Å²) in [5, 5.41) is 18.7. The highest BCUT2D eigenvalue weighted by Crippen LogP contribution is 2.34. The minimum atomic E-state index is -0.188. The fourth-order valence-corrected chi connectivity index (χ4v) is 3.19. The van der Waals surface area contributed by atoms with Crippen molar-refractivity contribution in [1.29, 1.82) is 0 Å². The molecule has 26 heavy (non-hydrogen) atoms. The Morgan fingerprint density at radius 2 is 1.96 bits per heavy atom. The molecule has 2 aromatic carbocycles. The number of phenolic OH excluding ortho intramolecular Hbond substituents is 1. The molecular weight excluding hydrogens is 322 g/mol. The predicted octanol–water partition coefficient (Wildman–Crippen LogP) is 3.93. The van der Waals surface area contributed by atoms with E-state index in [-0.39, 0.29) is 11.8 Å². The third-order valence-electron chi connectivity index (χ3n) is 4.61. The zero-order valence-electron chi connectivity index (χ0n) is 14.6. The molecule has 1 unspecified atom stereocenters. The van der Waals surface area contributed by atoms with Crippen molar-refractivity contribution in [3.8, 4) is 5.75 Å². The summed E-state index contributed by atoms with van der Waals surface area (Å²) < 4.78 is 0. The highest BCUT2D eigenvalue weighted by Gasteiger charge is 2.20. The van der Waals surface area contributed by atoms with Crippen LogP contribution in [0.2, 0.25) is 0 Å². The maximum absolute atomic E-state index is 10.9. The molecule has 0 saturated heterocycles. The molecule has 1 atom stereocenters. The predicted molar refractivity (Wildman–Crippen MR) is 105 cm³/mol. The molecule has 4 heteroatoms. The van der Waals surface area contributed by atoms with Gasteiger partial charge in [-0.05, 0) is 24.6 Å². The van der Waals surface area contributed by atoms with Crippen molar-refractivity contribution < 1.29 is 5.11 Å². The van der Waals surface area contributed by atoms with Gasteiger partial charge in [0.2, 0.25) is 0 Å². The first-order valence-electron chi connectivity index (χ1n) is 8.73. The Hall–Kier alpha value is -3.27. The number of aromatic nitrogens is 1. The average molecular weight is 343 g/mol. The van der Waals surface area contributed by atoms with Crippen LogP contribution in [0.25, 0.3) is 10.9 Å². The number of aromatic hydroxyl groups is 1. The van der Waals surface area contributed by atoms with Crippen molar-refractivity contribution in [3.63, 3.8) is 0 Å². The monoisotopic (exact) mass is 343 g/mol. The number of pyridine rings is 1. The zero-order valence-corrected chi connectivity index (χ0v) is 14.6. The normalized spacial score (nSPS) is 14.6. The van der Waals surface area contributed by atoms with Crippen molar-refractivity contribution in [1.82, 2.24) is 15.6 Å². The Kier molecular flexibility index (Phi) is 4.32. The SMILES string of the molecule is Cc1ccc(C(NC2=CC=CCN2)c2ccc3cccnc3c2O)cc1. The Morgan fingerprint density at radius 1 is 1.12 bits per heavy atom. The molecule has 130 valence electrons. The molecule has 4 rings (SSSR count).